The van der Waals surface area contributed by atoms with Gasteiger partial charge in [0.15, 0.2) is 5.65 Å². The summed E-state index contributed by atoms with van der Waals surface area (Å²) in [6, 6.07) is 0.742. The number of nitrogens with one attached hydrogen (secondary N) is 1. The monoisotopic (exact) mass is 347 g/mol. The van der Waals surface area contributed by atoms with Crippen LogP contribution in [0, 0.1) is 13.8 Å². The van der Waals surface area contributed by atoms with E-state index in [0.29, 0.717) is 11.3 Å². The predicted molar refractivity (Wildman–Crippen MR) is 89.3 cm³/mol. The zero-order chi connectivity index (χ0) is 18.7. The molecule has 2 N–H and O–H groups in total. The quantitative estimate of drug-likeness (QED) is 0.781. The predicted octanol–water partition coefficient (Wildman–Crippen LogP) is 0.398. The molecule has 0 aliphatic heterocycles. The average molecular weight is 347 g/mol. The molecule has 2 aromatic heterocycles. The Kier molecular flexibility index (Phi) is 5.35. The number of carboxylic acid groups (broad SMARTS) is 1. The lowest BCUT2D eigenvalue weighted by atomic mass is 10.1. The number of hydrogen-bond acceptors (Lipinski definition) is 5. The van der Waals surface area contributed by atoms with E-state index in [-0.39, 0.29) is 24.6 Å². The smallest absolute Gasteiger partial charge is 0.326 e. The van der Waals surface area contributed by atoms with Crippen molar-refractivity contribution in [1.29, 1.82) is 0 Å². The van der Waals surface area contributed by atoms with Crippen molar-refractivity contribution in [2.45, 2.75) is 33.7 Å². The van der Waals surface area contributed by atoms with Gasteiger partial charge in [-0.15, -0.1) is 0 Å². The van der Waals surface area contributed by atoms with Crippen molar-refractivity contribution in [3.63, 3.8) is 0 Å². The van der Waals surface area contributed by atoms with Crippen molar-refractivity contribution in [2.75, 3.05) is 13.1 Å². The third kappa shape index (κ3) is 3.93. The molecule has 9 nitrogen and oxygen atoms in total. The Morgan fingerprint density at radius 3 is 2.64 bits per heavy atom. The molecule has 1 unspecified atom stereocenters. The van der Waals surface area contributed by atoms with E-state index in [1.165, 1.54) is 24.9 Å². The van der Waals surface area contributed by atoms with Crippen molar-refractivity contribution < 1.29 is 19.5 Å². The van der Waals surface area contributed by atoms with Gasteiger partial charge in [-0.05, 0) is 20.8 Å². The molecular formula is C16H21N5O4. The summed E-state index contributed by atoms with van der Waals surface area (Å²) in [5.74, 6) is -1.85. The van der Waals surface area contributed by atoms with Crippen molar-refractivity contribution in [3.8, 4) is 0 Å². The maximum absolute atomic E-state index is 12.9. The summed E-state index contributed by atoms with van der Waals surface area (Å²) in [5, 5.41) is 16.1. The van der Waals surface area contributed by atoms with E-state index in [2.05, 4.69) is 15.4 Å². The molecule has 0 fully saturated rings. The van der Waals surface area contributed by atoms with Gasteiger partial charge in [0.25, 0.3) is 5.91 Å². The summed E-state index contributed by atoms with van der Waals surface area (Å²) >= 11 is 0. The highest BCUT2D eigenvalue weighted by atomic mass is 16.4. The van der Waals surface area contributed by atoms with Gasteiger partial charge in [-0.2, -0.15) is 5.10 Å². The number of fused-ring (bicyclic) bond motifs is 1. The highest BCUT2D eigenvalue weighted by Crippen LogP contribution is 2.15. The molecule has 9 heteroatoms. The summed E-state index contributed by atoms with van der Waals surface area (Å²) in [4.78, 5) is 40.7. The van der Waals surface area contributed by atoms with Crippen LogP contribution in [-0.4, -0.2) is 61.5 Å². The van der Waals surface area contributed by atoms with Crippen LogP contribution in [0.15, 0.2) is 12.3 Å². The lowest BCUT2D eigenvalue weighted by molar-refractivity contribution is -0.141. The molecule has 0 spiro atoms. The molecule has 2 rings (SSSR count). The first-order valence-corrected chi connectivity index (χ1v) is 7.82. The number of carbonyl (C=O) groups excluding carboxylic acids is 2. The lowest BCUT2D eigenvalue weighted by Gasteiger charge is -2.27. The summed E-state index contributed by atoms with van der Waals surface area (Å²) < 4.78 is 1.56. The van der Waals surface area contributed by atoms with Crippen LogP contribution < -0.4 is 5.32 Å². The van der Waals surface area contributed by atoms with Gasteiger partial charge in [0.1, 0.15) is 6.04 Å². The van der Waals surface area contributed by atoms with Gasteiger partial charge in [-0.1, -0.05) is 0 Å². The van der Waals surface area contributed by atoms with E-state index in [1.54, 1.807) is 17.5 Å². The summed E-state index contributed by atoms with van der Waals surface area (Å²) in [7, 11) is 0. The maximum Gasteiger partial charge on any atom is 0.326 e. The fraction of sp³-hybridized carbons (Fsp3) is 0.438. The van der Waals surface area contributed by atoms with Gasteiger partial charge in [0.05, 0.1) is 17.0 Å². The maximum atomic E-state index is 12.9. The molecule has 134 valence electrons. The van der Waals surface area contributed by atoms with E-state index in [9.17, 15) is 19.5 Å². The Morgan fingerprint density at radius 1 is 1.36 bits per heavy atom. The van der Waals surface area contributed by atoms with Crippen molar-refractivity contribution >= 4 is 23.4 Å². The molecule has 2 aromatic rings. The Balaban J connectivity index is 2.35. The molecule has 0 aliphatic rings. The summed E-state index contributed by atoms with van der Waals surface area (Å²) in [5.41, 5.74) is 2.22. The normalized spacial score (nSPS) is 12.0. The van der Waals surface area contributed by atoms with Gasteiger partial charge in [-0.25, -0.2) is 14.3 Å². The minimum atomic E-state index is -1.13. The molecular weight excluding hydrogens is 326 g/mol. The topological polar surface area (TPSA) is 117 Å². The minimum absolute atomic E-state index is 0.0709. The van der Waals surface area contributed by atoms with Crippen LogP contribution in [0.4, 0.5) is 0 Å². The van der Waals surface area contributed by atoms with Crippen LogP contribution in [0.2, 0.25) is 0 Å². The molecule has 0 aromatic carbocycles. The number of hydrogen-bond donors (Lipinski definition) is 2. The first-order chi connectivity index (χ1) is 11.7. The van der Waals surface area contributed by atoms with Crippen LogP contribution in [-0.2, 0) is 9.59 Å². The van der Waals surface area contributed by atoms with Gasteiger partial charge in [0.2, 0.25) is 5.91 Å². The average Bonchev–Trinajstić information content (AvgIpc) is 2.92. The van der Waals surface area contributed by atoms with Crippen LogP contribution >= 0.6 is 0 Å². The molecule has 0 bridgehead atoms. The molecule has 25 heavy (non-hydrogen) atoms. The number of aliphatic carboxylic acids is 1. The zero-order valence-corrected chi connectivity index (χ0v) is 14.6. The van der Waals surface area contributed by atoms with E-state index in [1.807, 2.05) is 6.92 Å². The largest absolute Gasteiger partial charge is 0.480 e. The summed E-state index contributed by atoms with van der Waals surface area (Å²) in [6.07, 6.45) is 1.42. The number of rotatable bonds is 6. The Labute approximate surface area is 144 Å². The highest BCUT2D eigenvalue weighted by molar-refractivity contribution is 5.97. The number of aromatic nitrogens is 3. The molecule has 2 amide bonds. The van der Waals surface area contributed by atoms with E-state index in [4.69, 9.17) is 0 Å². The molecule has 0 aliphatic carbocycles. The molecule has 1 atom stereocenters. The van der Waals surface area contributed by atoms with Crippen molar-refractivity contribution in [3.05, 3.63) is 29.2 Å². The molecule has 0 saturated carbocycles. The number of carbonyl (C=O) groups is 3. The number of aryl methyl sites for hydroxylation is 2. The van der Waals surface area contributed by atoms with E-state index in [0.717, 1.165) is 5.69 Å². The number of nitrogens with zero attached hydrogens (tertiary/aromatic N) is 4. The standard InChI is InChI=1S/C16H21N5O4/c1-9-7-14-18-8-13(10(2)21(14)19-9)15(23)20(11(3)16(24)25)6-5-17-12(4)22/h7-8,11H,5-6H2,1-4H3,(H,17,22)(H,24,25). The highest BCUT2D eigenvalue weighted by Gasteiger charge is 2.28. The van der Waals surface area contributed by atoms with Gasteiger partial charge < -0.3 is 15.3 Å². The van der Waals surface area contributed by atoms with Crippen molar-refractivity contribution in [2.24, 2.45) is 0 Å². The third-order valence-corrected chi connectivity index (χ3v) is 3.89. The van der Waals surface area contributed by atoms with E-state index < -0.39 is 17.9 Å². The third-order valence-electron chi connectivity index (χ3n) is 3.89. The van der Waals surface area contributed by atoms with Crippen LogP contribution in [0.5, 0.6) is 0 Å². The first-order valence-electron chi connectivity index (χ1n) is 7.82. The molecule has 0 radical (unpaired) electrons. The van der Waals surface area contributed by atoms with Gasteiger partial charge in [-0.3, -0.25) is 9.59 Å². The Hall–Kier alpha value is -2.97. The summed E-state index contributed by atoms with van der Waals surface area (Å²) in [6.45, 7) is 6.56. The SMILES string of the molecule is CC(=O)NCCN(C(=O)c1cnc2cc(C)nn2c1C)C(C)C(=O)O. The zero-order valence-electron chi connectivity index (χ0n) is 14.6. The molecule has 2 heterocycles. The van der Waals surface area contributed by atoms with Crippen molar-refractivity contribution in [1.82, 2.24) is 24.8 Å². The van der Waals surface area contributed by atoms with E-state index >= 15 is 0 Å². The number of carboxylic acids is 1. The van der Waals surface area contributed by atoms with Crippen LogP contribution in [0.25, 0.3) is 5.65 Å². The fourth-order valence-electron chi connectivity index (χ4n) is 2.48. The second kappa shape index (κ2) is 7.29. The second-order valence-corrected chi connectivity index (χ2v) is 5.81. The van der Waals surface area contributed by atoms with Crippen LogP contribution in [0.3, 0.4) is 0 Å². The number of amides is 2. The van der Waals surface area contributed by atoms with Gasteiger partial charge >= 0.3 is 5.97 Å². The first kappa shape index (κ1) is 18.4. The second-order valence-electron chi connectivity index (χ2n) is 5.81. The molecule has 0 saturated heterocycles. The lowest BCUT2D eigenvalue weighted by Crippen LogP contribution is -2.47. The van der Waals surface area contributed by atoms with Crippen LogP contribution in [0.1, 0.15) is 35.6 Å². The Bertz CT molecular complexity index is 829. The minimum Gasteiger partial charge on any atom is -0.480 e. The Morgan fingerprint density at radius 2 is 2.04 bits per heavy atom. The van der Waals surface area contributed by atoms with Gasteiger partial charge in [0, 0.05) is 32.3 Å². The fourth-order valence-corrected chi connectivity index (χ4v) is 2.48.